The Hall–Kier alpha value is -1.84. The summed E-state index contributed by atoms with van der Waals surface area (Å²) in [6, 6.07) is 9.67. The molecule has 0 saturated carbocycles. The molecule has 0 heterocycles. The molecule has 19 heavy (non-hydrogen) atoms. The lowest BCUT2D eigenvalue weighted by Gasteiger charge is -2.14. The van der Waals surface area contributed by atoms with Crippen LogP contribution in [0.1, 0.15) is 32.3 Å². The molecular formula is C15H22N2O2. The number of hydrogen-bond donors (Lipinski definition) is 2. The largest absolute Gasteiger partial charge is 0.352 e. The van der Waals surface area contributed by atoms with Gasteiger partial charge < -0.3 is 10.6 Å². The van der Waals surface area contributed by atoms with E-state index in [-0.39, 0.29) is 24.4 Å². The van der Waals surface area contributed by atoms with Crippen LogP contribution in [0.2, 0.25) is 0 Å². The van der Waals surface area contributed by atoms with Gasteiger partial charge in [-0.25, -0.2) is 0 Å². The van der Waals surface area contributed by atoms with E-state index in [1.807, 2.05) is 44.2 Å². The van der Waals surface area contributed by atoms with E-state index in [0.29, 0.717) is 6.42 Å². The summed E-state index contributed by atoms with van der Waals surface area (Å²) < 4.78 is 0. The van der Waals surface area contributed by atoms with E-state index in [2.05, 4.69) is 10.6 Å². The standard InChI is InChI=1S/C15H22N2O2/c1-3-13(4-2)17-15(19)11-16-14(18)10-12-8-6-5-7-9-12/h5-9,13H,3-4,10-11H2,1-2H3,(H,16,18)(H,17,19). The Kier molecular flexibility index (Phi) is 6.64. The van der Waals surface area contributed by atoms with Gasteiger partial charge in [0.2, 0.25) is 11.8 Å². The Balaban J connectivity index is 2.28. The van der Waals surface area contributed by atoms with E-state index in [1.165, 1.54) is 0 Å². The minimum atomic E-state index is -0.133. The summed E-state index contributed by atoms with van der Waals surface area (Å²) in [5.41, 5.74) is 0.945. The number of carbonyl (C=O) groups is 2. The molecule has 0 aliphatic carbocycles. The molecule has 0 spiro atoms. The Bertz CT molecular complexity index is 400. The third-order valence-corrected chi connectivity index (χ3v) is 3.00. The first-order valence-corrected chi connectivity index (χ1v) is 6.75. The van der Waals surface area contributed by atoms with Gasteiger partial charge in [-0.1, -0.05) is 44.2 Å². The number of amides is 2. The van der Waals surface area contributed by atoms with Crippen LogP contribution in [0.4, 0.5) is 0 Å². The van der Waals surface area contributed by atoms with Gasteiger partial charge in [0.25, 0.3) is 0 Å². The van der Waals surface area contributed by atoms with Gasteiger partial charge in [-0.3, -0.25) is 9.59 Å². The molecule has 0 aliphatic rings. The summed E-state index contributed by atoms with van der Waals surface area (Å²) in [7, 11) is 0. The van der Waals surface area contributed by atoms with Crippen LogP contribution in [0.25, 0.3) is 0 Å². The Morgan fingerprint density at radius 1 is 1.05 bits per heavy atom. The number of benzene rings is 1. The zero-order chi connectivity index (χ0) is 14.1. The van der Waals surface area contributed by atoms with Gasteiger partial charge in [0.05, 0.1) is 13.0 Å². The van der Waals surface area contributed by atoms with Crippen molar-refractivity contribution in [1.82, 2.24) is 10.6 Å². The third-order valence-electron chi connectivity index (χ3n) is 3.00. The van der Waals surface area contributed by atoms with Crippen LogP contribution in [0.3, 0.4) is 0 Å². The molecule has 0 unspecified atom stereocenters. The fraction of sp³-hybridized carbons (Fsp3) is 0.467. The first kappa shape index (κ1) is 15.2. The first-order valence-electron chi connectivity index (χ1n) is 6.75. The van der Waals surface area contributed by atoms with Crippen molar-refractivity contribution in [3.63, 3.8) is 0 Å². The Morgan fingerprint density at radius 2 is 1.68 bits per heavy atom. The zero-order valence-corrected chi connectivity index (χ0v) is 11.6. The summed E-state index contributed by atoms with van der Waals surface area (Å²) in [6.07, 6.45) is 2.11. The number of carbonyl (C=O) groups excluding carboxylic acids is 2. The van der Waals surface area contributed by atoms with E-state index in [4.69, 9.17) is 0 Å². The van der Waals surface area contributed by atoms with Crippen molar-refractivity contribution in [1.29, 1.82) is 0 Å². The maximum Gasteiger partial charge on any atom is 0.239 e. The van der Waals surface area contributed by atoms with Crippen molar-refractivity contribution in [3.05, 3.63) is 35.9 Å². The monoisotopic (exact) mass is 262 g/mol. The maximum absolute atomic E-state index is 11.7. The topological polar surface area (TPSA) is 58.2 Å². The molecule has 0 aromatic heterocycles. The molecule has 0 aliphatic heterocycles. The lowest BCUT2D eigenvalue weighted by molar-refractivity contribution is -0.126. The van der Waals surface area contributed by atoms with Crippen molar-refractivity contribution in [3.8, 4) is 0 Å². The molecule has 0 bridgehead atoms. The highest BCUT2D eigenvalue weighted by molar-refractivity contribution is 5.85. The maximum atomic E-state index is 11.7. The predicted octanol–water partition coefficient (Wildman–Crippen LogP) is 1.65. The Labute approximate surface area is 114 Å². The predicted molar refractivity (Wildman–Crippen MR) is 75.7 cm³/mol. The second kappa shape index (κ2) is 8.29. The van der Waals surface area contributed by atoms with Crippen LogP contribution in [0.15, 0.2) is 30.3 Å². The highest BCUT2D eigenvalue weighted by atomic mass is 16.2. The van der Waals surface area contributed by atoms with Gasteiger partial charge in [0.15, 0.2) is 0 Å². The molecule has 2 amide bonds. The average Bonchev–Trinajstić information content (AvgIpc) is 2.43. The molecule has 4 nitrogen and oxygen atoms in total. The minimum Gasteiger partial charge on any atom is -0.352 e. The normalized spacial score (nSPS) is 10.3. The second-order valence-corrected chi connectivity index (χ2v) is 4.52. The van der Waals surface area contributed by atoms with Crippen molar-refractivity contribution in [2.24, 2.45) is 0 Å². The van der Waals surface area contributed by atoms with Crippen LogP contribution < -0.4 is 10.6 Å². The third kappa shape index (κ3) is 6.04. The fourth-order valence-corrected chi connectivity index (χ4v) is 1.79. The van der Waals surface area contributed by atoms with Crippen molar-refractivity contribution >= 4 is 11.8 Å². The van der Waals surface area contributed by atoms with Crippen molar-refractivity contribution in [2.75, 3.05) is 6.54 Å². The minimum absolute atomic E-state index is 0.0438. The van der Waals surface area contributed by atoms with Crippen LogP contribution in [-0.2, 0) is 16.0 Å². The highest BCUT2D eigenvalue weighted by Gasteiger charge is 2.09. The molecular weight excluding hydrogens is 240 g/mol. The molecule has 0 saturated heterocycles. The van der Waals surface area contributed by atoms with Crippen molar-refractivity contribution in [2.45, 2.75) is 39.2 Å². The summed E-state index contributed by atoms with van der Waals surface area (Å²) in [5.74, 6) is -0.263. The van der Waals surface area contributed by atoms with E-state index < -0.39 is 0 Å². The summed E-state index contributed by atoms with van der Waals surface area (Å²) >= 11 is 0. The smallest absolute Gasteiger partial charge is 0.239 e. The molecule has 1 rings (SSSR count). The summed E-state index contributed by atoms with van der Waals surface area (Å²) in [4.78, 5) is 23.3. The number of nitrogens with one attached hydrogen (secondary N) is 2. The lowest BCUT2D eigenvalue weighted by atomic mass is 10.1. The summed E-state index contributed by atoms with van der Waals surface area (Å²) in [5, 5.41) is 5.52. The van der Waals surface area contributed by atoms with Gasteiger partial charge in [0.1, 0.15) is 0 Å². The SMILES string of the molecule is CCC(CC)NC(=O)CNC(=O)Cc1ccccc1. The van der Waals surface area contributed by atoms with Gasteiger partial charge in [-0.2, -0.15) is 0 Å². The fourth-order valence-electron chi connectivity index (χ4n) is 1.79. The van der Waals surface area contributed by atoms with Gasteiger partial charge in [0, 0.05) is 6.04 Å². The lowest BCUT2D eigenvalue weighted by Crippen LogP contribution is -2.41. The number of hydrogen-bond acceptors (Lipinski definition) is 2. The van der Waals surface area contributed by atoms with E-state index in [0.717, 1.165) is 18.4 Å². The van der Waals surface area contributed by atoms with Gasteiger partial charge in [-0.05, 0) is 18.4 Å². The van der Waals surface area contributed by atoms with Crippen LogP contribution in [-0.4, -0.2) is 24.4 Å². The summed E-state index contributed by atoms with van der Waals surface area (Å²) in [6.45, 7) is 4.10. The van der Waals surface area contributed by atoms with Gasteiger partial charge in [-0.15, -0.1) is 0 Å². The number of rotatable bonds is 7. The van der Waals surface area contributed by atoms with Crippen LogP contribution in [0.5, 0.6) is 0 Å². The van der Waals surface area contributed by atoms with Crippen molar-refractivity contribution < 1.29 is 9.59 Å². The zero-order valence-electron chi connectivity index (χ0n) is 11.6. The highest BCUT2D eigenvalue weighted by Crippen LogP contribution is 1.99. The average molecular weight is 262 g/mol. The Morgan fingerprint density at radius 3 is 2.26 bits per heavy atom. The molecule has 104 valence electrons. The van der Waals surface area contributed by atoms with Crippen LogP contribution >= 0.6 is 0 Å². The molecule has 0 atom stereocenters. The quantitative estimate of drug-likeness (QED) is 0.785. The van der Waals surface area contributed by atoms with E-state index in [1.54, 1.807) is 0 Å². The molecule has 0 fully saturated rings. The first-order chi connectivity index (χ1) is 9.15. The molecule has 1 aromatic carbocycles. The molecule has 2 N–H and O–H groups in total. The molecule has 4 heteroatoms. The van der Waals surface area contributed by atoms with E-state index in [9.17, 15) is 9.59 Å². The molecule has 1 aromatic rings. The van der Waals surface area contributed by atoms with Gasteiger partial charge >= 0.3 is 0 Å². The molecule has 0 radical (unpaired) electrons. The van der Waals surface area contributed by atoms with Crippen LogP contribution in [0, 0.1) is 0 Å². The second-order valence-electron chi connectivity index (χ2n) is 4.52. The van der Waals surface area contributed by atoms with E-state index >= 15 is 0 Å².